The Labute approximate surface area is 196 Å². The maximum Gasteiger partial charge on any atom is 0.337 e. The minimum Gasteiger partial charge on any atom is -0.465 e. The number of aromatic nitrogens is 4. The smallest absolute Gasteiger partial charge is 0.337 e. The molecule has 1 aliphatic heterocycles. The van der Waals surface area contributed by atoms with Gasteiger partial charge in [-0.1, -0.05) is 6.07 Å². The van der Waals surface area contributed by atoms with Gasteiger partial charge in [0.2, 0.25) is 0 Å². The van der Waals surface area contributed by atoms with Crippen molar-refractivity contribution in [3.63, 3.8) is 0 Å². The summed E-state index contributed by atoms with van der Waals surface area (Å²) in [6.07, 6.45) is 4.31. The van der Waals surface area contributed by atoms with Gasteiger partial charge in [-0.3, -0.25) is 14.1 Å². The van der Waals surface area contributed by atoms with Crippen LogP contribution in [0, 0.1) is 6.92 Å². The summed E-state index contributed by atoms with van der Waals surface area (Å²) in [7, 11) is 1.36. The summed E-state index contributed by atoms with van der Waals surface area (Å²) in [5, 5.41) is 3.32. The number of carbonyl (C=O) groups excluding carboxylic acids is 1. The lowest BCUT2D eigenvalue weighted by molar-refractivity contribution is 0.0600. The molecule has 0 radical (unpaired) electrons. The van der Waals surface area contributed by atoms with Gasteiger partial charge in [0, 0.05) is 18.3 Å². The van der Waals surface area contributed by atoms with Gasteiger partial charge in [0.1, 0.15) is 0 Å². The third kappa shape index (κ3) is 3.92. The van der Waals surface area contributed by atoms with Crippen molar-refractivity contribution in [2.75, 3.05) is 20.2 Å². The molecule has 33 heavy (non-hydrogen) atoms. The number of nitrogens with zero attached hydrogens (tertiary/aromatic N) is 4. The average molecular weight is 466 g/mol. The van der Waals surface area contributed by atoms with Crippen LogP contribution < -0.4 is 11.0 Å². The number of hydrogen-bond donors (Lipinski definition) is 1. The standard InChI is InChI=1S/C24H23N5O3.ClH/c1-15-12-16(23(30)32-2)5-7-19(15)20-8-6-17(14-27-20)28-21-4-3-10-26-22(21)29(24(28)31)18-9-11-25-13-18;/h3-8,10,12,14,18,25H,9,11,13H2,1-2H3;1H. The van der Waals surface area contributed by atoms with Gasteiger partial charge in [0.15, 0.2) is 5.65 Å². The van der Waals surface area contributed by atoms with Gasteiger partial charge in [-0.2, -0.15) is 0 Å². The van der Waals surface area contributed by atoms with Gasteiger partial charge in [0.25, 0.3) is 0 Å². The Kier molecular flexibility index (Phi) is 6.31. The largest absolute Gasteiger partial charge is 0.465 e. The molecule has 0 saturated carbocycles. The zero-order valence-corrected chi connectivity index (χ0v) is 19.1. The number of ether oxygens (including phenoxy) is 1. The summed E-state index contributed by atoms with van der Waals surface area (Å²) in [5.41, 5.74) is 5.11. The molecule has 1 atom stereocenters. The third-order valence-corrected chi connectivity index (χ3v) is 5.96. The van der Waals surface area contributed by atoms with E-state index in [0.29, 0.717) is 16.9 Å². The topological polar surface area (TPSA) is 91.0 Å². The van der Waals surface area contributed by atoms with Crippen molar-refractivity contribution < 1.29 is 9.53 Å². The van der Waals surface area contributed by atoms with Gasteiger partial charge < -0.3 is 10.1 Å². The van der Waals surface area contributed by atoms with Crippen molar-refractivity contribution in [3.8, 4) is 16.9 Å². The normalized spacial score (nSPS) is 15.4. The number of benzene rings is 1. The lowest BCUT2D eigenvalue weighted by Crippen LogP contribution is -2.28. The highest BCUT2D eigenvalue weighted by molar-refractivity contribution is 5.90. The zero-order valence-electron chi connectivity index (χ0n) is 18.3. The van der Waals surface area contributed by atoms with Crippen LogP contribution in [0.2, 0.25) is 0 Å². The summed E-state index contributed by atoms with van der Waals surface area (Å²) in [6, 6.07) is 13.0. The lowest BCUT2D eigenvalue weighted by atomic mass is 10.0. The molecule has 0 amide bonds. The number of nitrogens with one attached hydrogen (secondary N) is 1. The van der Waals surface area contributed by atoms with E-state index in [-0.39, 0.29) is 30.1 Å². The molecule has 0 bridgehead atoms. The molecule has 1 aromatic carbocycles. The van der Waals surface area contributed by atoms with E-state index >= 15 is 0 Å². The number of hydrogen-bond acceptors (Lipinski definition) is 6. The van der Waals surface area contributed by atoms with E-state index in [0.717, 1.165) is 41.8 Å². The molecule has 0 aliphatic carbocycles. The van der Waals surface area contributed by atoms with E-state index in [1.807, 2.05) is 37.3 Å². The molecule has 9 heteroatoms. The number of carbonyl (C=O) groups is 1. The fraction of sp³-hybridized carbons (Fsp3) is 0.250. The second-order valence-electron chi connectivity index (χ2n) is 7.90. The molecule has 4 aromatic rings. The molecule has 0 spiro atoms. The van der Waals surface area contributed by atoms with E-state index in [2.05, 4.69) is 15.3 Å². The van der Waals surface area contributed by atoms with Gasteiger partial charge >= 0.3 is 11.7 Å². The van der Waals surface area contributed by atoms with Crippen LogP contribution in [-0.2, 0) is 4.74 Å². The average Bonchev–Trinajstić information content (AvgIpc) is 3.44. The fourth-order valence-corrected chi connectivity index (χ4v) is 4.36. The summed E-state index contributed by atoms with van der Waals surface area (Å²) in [4.78, 5) is 34.3. The summed E-state index contributed by atoms with van der Waals surface area (Å²) in [5.74, 6) is -0.371. The molecule has 4 heterocycles. The minimum atomic E-state index is -0.371. The number of fused-ring (bicyclic) bond motifs is 1. The number of pyridine rings is 2. The number of esters is 1. The van der Waals surface area contributed by atoms with Crippen LogP contribution in [0.4, 0.5) is 0 Å². The van der Waals surface area contributed by atoms with Crippen molar-refractivity contribution in [2.45, 2.75) is 19.4 Å². The summed E-state index contributed by atoms with van der Waals surface area (Å²) in [6.45, 7) is 3.57. The van der Waals surface area contributed by atoms with Crippen molar-refractivity contribution in [3.05, 3.63) is 76.5 Å². The summed E-state index contributed by atoms with van der Waals surface area (Å²) < 4.78 is 8.25. The second kappa shape index (κ2) is 9.17. The molecule has 1 fully saturated rings. The first-order valence-corrected chi connectivity index (χ1v) is 10.5. The number of rotatable bonds is 4. The van der Waals surface area contributed by atoms with Crippen molar-refractivity contribution in [1.82, 2.24) is 24.4 Å². The van der Waals surface area contributed by atoms with Gasteiger partial charge in [-0.05, 0) is 61.9 Å². The Morgan fingerprint density at radius 2 is 2.03 bits per heavy atom. The molecule has 1 aliphatic rings. The van der Waals surface area contributed by atoms with Gasteiger partial charge in [0.05, 0.1) is 41.8 Å². The number of halogens is 1. The van der Waals surface area contributed by atoms with Crippen molar-refractivity contribution >= 4 is 29.5 Å². The fourth-order valence-electron chi connectivity index (χ4n) is 4.36. The van der Waals surface area contributed by atoms with E-state index < -0.39 is 0 Å². The quantitative estimate of drug-likeness (QED) is 0.465. The van der Waals surface area contributed by atoms with Crippen LogP contribution in [0.15, 0.2) is 59.7 Å². The van der Waals surface area contributed by atoms with Crippen LogP contribution in [0.1, 0.15) is 28.4 Å². The first-order valence-electron chi connectivity index (χ1n) is 10.5. The molecule has 1 saturated heterocycles. The predicted octanol–water partition coefficient (Wildman–Crippen LogP) is 3.30. The number of imidazole rings is 1. The molecule has 1 unspecified atom stereocenters. The third-order valence-electron chi connectivity index (χ3n) is 5.96. The molecule has 3 aromatic heterocycles. The van der Waals surface area contributed by atoms with E-state index in [9.17, 15) is 9.59 Å². The molecule has 5 rings (SSSR count). The summed E-state index contributed by atoms with van der Waals surface area (Å²) >= 11 is 0. The Bertz CT molecular complexity index is 1370. The molecule has 170 valence electrons. The van der Waals surface area contributed by atoms with Crippen LogP contribution in [0.25, 0.3) is 28.1 Å². The molecule has 1 N–H and O–H groups in total. The van der Waals surface area contributed by atoms with Crippen LogP contribution in [0.5, 0.6) is 0 Å². The predicted molar refractivity (Wildman–Crippen MR) is 128 cm³/mol. The molecular formula is C24H24ClN5O3. The van der Waals surface area contributed by atoms with Crippen molar-refractivity contribution in [1.29, 1.82) is 0 Å². The first kappa shape index (κ1) is 22.7. The minimum absolute atomic E-state index is 0. The van der Waals surface area contributed by atoms with E-state index in [4.69, 9.17) is 4.74 Å². The molecular weight excluding hydrogens is 442 g/mol. The maximum atomic E-state index is 13.4. The Balaban J connectivity index is 0.00000259. The first-order chi connectivity index (χ1) is 15.6. The van der Waals surface area contributed by atoms with Gasteiger partial charge in [-0.15, -0.1) is 12.4 Å². The highest BCUT2D eigenvalue weighted by Crippen LogP contribution is 2.25. The van der Waals surface area contributed by atoms with Gasteiger partial charge in [-0.25, -0.2) is 14.6 Å². The lowest BCUT2D eigenvalue weighted by Gasteiger charge is -2.10. The highest BCUT2D eigenvalue weighted by Gasteiger charge is 2.24. The Morgan fingerprint density at radius 1 is 1.18 bits per heavy atom. The Morgan fingerprint density at radius 3 is 2.70 bits per heavy atom. The van der Waals surface area contributed by atoms with Crippen molar-refractivity contribution in [2.24, 2.45) is 0 Å². The van der Waals surface area contributed by atoms with Crippen LogP contribution in [-0.4, -0.2) is 45.3 Å². The van der Waals surface area contributed by atoms with E-state index in [1.54, 1.807) is 33.7 Å². The van der Waals surface area contributed by atoms with Crippen LogP contribution >= 0.6 is 12.4 Å². The maximum absolute atomic E-state index is 13.4. The SMILES string of the molecule is COC(=O)c1ccc(-c2ccc(-n3c(=O)n(C4CCNC4)c4ncccc43)cn2)c(C)c1.Cl. The monoisotopic (exact) mass is 465 g/mol. The van der Waals surface area contributed by atoms with Crippen LogP contribution in [0.3, 0.4) is 0 Å². The zero-order chi connectivity index (χ0) is 22.2. The Hall–Kier alpha value is -3.49. The number of methoxy groups -OCH3 is 1. The number of aryl methyl sites for hydroxylation is 1. The van der Waals surface area contributed by atoms with E-state index in [1.165, 1.54) is 7.11 Å². The molecule has 8 nitrogen and oxygen atoms in total. The second-order valence-corrected chi connectivity index (χ2v) is 7.90. The highest BCUT2D eigenvalue weighted by atomic mass is 35.5.